The molecule has 0 aromatic heterocycles. The molecule has 1 saturated heterocycles. The number of carbonyl (C=O) groups excluding carboxylic acids is 1. The van der Waals surface area contributed by atoms with E-state index in [9.17, 15) is 26.0 Å². The SMILES string of the molecule is CC1Nc2ccc(C(=O)NS(=O)(=O)c3ccc(F)cc3)cc2C12CCOC(Cc1cccc(S(C)(=O)=O)c1)C2. The van der Waals surface area contributed by atoms with Crippen molar-refractivity contribution in [3.8, 4) is 0 Å². The van der Waals surface area contributed by atoms with E-state index in [1.54, 1.807) is 36.4 Å². The number of sulfone groups is 1. The van der Waals surface area contributed by atoms with Crippen LogP contribution in [0.3, 0.4) is 0 Å². The zero-order chi connectivity index (χ0) is 28.0. The van der Waals surface area contributed by atoms with Crippen molar-refractivity contribution in [2.24, 2.45) is 0 Å². The number of amides is 1. The summed E-state index contributed by atoms with van der Waals surface area (Å²) in [7, 11) is -7.52. The number of sulfonamides is 1. The Hall–Kier alpha value is -3.28. The molecule has 11 heteroatoms. The summed E-state index contributed by atoms with van der Waals surface area (Å²) in [6.45, 7) is 2.56. The predicted octanol–water partition coefficient (Wildman–Crippen LogP) is 3.82. The Bertz CT molecular complexity index is 1640. The smallest absolute Gasteiger partial charge is 0.265 e. The molecule has 1 amide bonds. The summed E-state index contributed by atoms with van der Waals surface area (Å²) >= 11 is 0. The molecular formula is C28H29FN2O6S2. The number of hydrogen-bond donors (Lipinski definition) is 2. The topological polar surface area (TPSA) is 119 Å². The average Bonchev–Trinajstić information content (AvgIpc) is 3.13. The summed E-state index contributed by atoms with van der Waals surface area (Å²) in [5.74, 6) is -1.36. The minimum absolute atomic E-state index is 0.0301. The van der Waals surface area contributed by atoms with Gasteiger partial charge in [-0.3, -0.25) is 4.79 Å². The minimum Gasteiger partial charge on any atom is -0.381 e. The summed E-state index contributed by atoms with van der Waals surface area (Å²) in [5, 5.41) is 3.50. The van der Waals surface area contributed by atoms with Crippen LogP contribution in [0.2, 0.25) is 0 Å². The Balaban J connectivity index is 1.39. The molecule has 2 aliphatic rings. The van der Waals surface area contributed by atoms with Crippen LogP contribution < -0.4 is 10.0 Å². The molecule has 206 valence electrons. The zero-order valence-electron chi connectivity index (χ0n) is 21.5. The molecule has 0 radical (unpaired) electrons. The Morgan fingerprint density at radius 3 is 2.51 bits per heavy atom. The quantitative estimate of drug-likeness (QED) is 0.461. The number of carbonyl (C=O) groups is 1. The van der Waals surface area contributed by atoms with Gasteiger partial charge in [0.25, 0.3) is 15.9 Å². The van der Waals surface area contributed by atoms with E-state index in [4.69, 9.17) is 4.74 Å². The first-order valence-electron chi connectivity index (χ1n) is 12.5. The van der Waals surface area contributed by atoms with Crippen molar-refractivity contribution in [1.29, 1.82) is 0 Å². The highest BCUT2D eigenvalue weighted by atomic mass is 32.2. The molecule has 2 aliphatic heterocycles. The summed E-state index contributed by atoms with van der Waals surface area (Å²) in [4.78, 5) is 13.1. The van der Waals surface area contributed by atoms with E-state index >= 15 is 0 Å². The van der Waals surface area contributed by atoms with E-state index < -0.39 is 31.6 Å². The van der Waals surface area contributed by atoms with Gasteiger partial charge in [0.15, 0.2) is 9.84 Å². The predicted molar refractivity (Wildman–Crippen MR) is 144 cm³/mol. The lowest BCUT2D eigenvalue weighted by Gasteiger charge is -2.41. The Morgan fingerprint density at radius 2 is 1.79 bits per heavy atom. The lowest BCUT2D eigenvalue weighted by atomic mass is 9.69. The van der Waals surface area contributed by atoms with E-state index in [1.807, 2.05) is 6.07 Å². The first kappa shape index (κ1) is 27.3. The average molecular weight is 573 g/mol. The van der Waals surface area contributed by atoms with E-state index in [-0.39, 0.29) is 32.9 Å². The molecule has 3 aromatic rings. The number of nitrogens with one attached hydrogen (secondary N) is 2. The molecular weight excluding hydrogens is 543 g/mol. The lowest BCUT2D eigenvalue weighted by Crippen LogP contribution is -2.45. The largest absolute Gasteiger partial charge is 0.381 e. The molecule has 8 nitrogen and oxygen atoms in total. The molecule has 39 heavy (non-hydrogen) atoms. The molecule has 3 aromatic carbocycles. The number of fused-ring (bicyclic) bond motifs is 2. The second-order valence-electron chi connectivity index (χ2n) is 10.2. The molecule has 2 heterocycles. The number of ether oxygens (including phenoxy) is 1. The van der Waals surface area contributed by atoms with Gasteiger partial charge in [-0.1, -0.05) is 12.1 Å². The van der Waals surface area contributed by atoms with Crippen molar-refractivity contribution in [1.82, 2.24) is 4.72 Å². The summed E-state index contributed by atoms with van der Waals surface area (Å²) in [6, 6.07) is 16.2. The molecule has 3 unspecified atom stereocenters. The highest BCUT2D eigenvalue weighted by Crippen LogP contribution is 2.49. The normalized spacial score (nSPS) is 22.7. The molecule has 3 atom stereocenters. The van der Waals surface area contributed by atoms with Gasteiger partial charge in [0.2, 0.25) is 0 Å². The van der Waals surface area contributed by atoms with Crippen molar-refractivity contribution in [3.63, 3.8) is 0 Å². The molecule has 2 N–H and O–H groups in total. The number of hydrogen-bond acceptors (Lipinski definition) is 7. The molecule has 0 aliphatic carbocycles. The zero-order valence-corrected chi connectivity index (χ0v) is 23.1. The van der Waals surface area contributed by atoms with Gasteiger partial charge in [-0.15, -0.1) is 0 Å². The first-order chi connectivity index (χ1) is 18.4. The van der Waals surface area contributed by atoms with Crippen LogP contribution >= 0.6 is 0 Å². The third-order valence-corrected chi connectivity index (χ3v) is 10.1. The van der Waals surface area contributed by atoms with Crippen molar-refractivity contribution >= 4 is 31.5 Å². The van der Waals surface area contributed by atoms with E-state index in [0.717, 1.165) is 41.1 Å². The minimum atomic E-state index is -4.18. The van der Waals surface area contributed by atoms with Crippen LogP contribution in [0.1, 0.15) is 41.3 Å². The lowest BCUT2D eigenvalue weighted by molar-refractivity contribution is -0.0222. The Morgan fingerprint density at radius 1 is 1.05 bits per heavy atom. The third kappa shape index (κ3) is 5.43. The van der Waals surface area contributed by atoms with Crippen molar-refractivity contribution in [2.75, 3.05) is 18.2 Å². The summed E-state index contributed by atoms with van der Waals surface area (Å²) in [6.07, 6.45) is 2.87. The van der Waals surface area contributed by atoms with Crippen LogP contribution in [0, 0.1) is 5.82 Å². The monoisotopic (exact) mass is 572 g/mol. The fraction of sp³-hybridized carbons (Fsp3) is 0.321. The van der Waals surface area contributed by atoms with Crippen LogP contribution in [0.4, 0.5) is 10.1 Å². The van der Waals surface area contributed by atoms with Gasteiger partial charge in [0.05, 0.1) is 15.9 Å². The number of rotatable bonds is 6. The fourth-order valence-corrected chi connectivity index (χ4v) is 7.26. The second kappa shape index (κ2) is 10.0. The van der Waals surface area contributed by atoms with Gasteiger partial charge in [-0.2, -0.15) is 0 Å². The number of halogens is 1. The Kier molecular flexibility index (Phi) is 7.02. The summed E-state index contributed by atoms with van der Waals surface area (Å²) < 4.78 is 70.8. The maximum absolute atomic E-state index is 13.2. The summed E-state index contributed by atoms with van der Waals surface area (Å²) in [5.41, 5.74) is 2.48. The van der Waals surface area contributed by atoms with Crippen LogP contribution in [-0.2, 0) is 36.4 Å². The molecule has 0 saturated carbocycles. The first-order valence-corrected chi connectivity index (χ1v) is 15.9. The van der Waals surface area contributed by atoms with E-state index in [0.29, 0.717) is 25.9 Å². The number of anilines is 1. The maximum atomic E-state index is 13.2. The van der Waals surface area contributed by atoms with Gasteiger partial charge in [-0.25, -0.2) is 25.9 Å². The van der Waals surface area contributed by atoms with E-state index in [2.05, 4.69) is 17.0 Å². The van der Waals surface area contributed by atoms with Gasteiger partial charge < -0.3 is 10.1 Å². The van der Waals surface area contributed by atoms with Gasteiger partial charge in [0, 0.05) is 35.6 Å². The standard InChI is InChI=1S/C28H29FN2O6S2/c1-18-28(12-13-37-22(17-28)14-19-4-3-5-24(15-19)38(2,33)34)25-16-20(6-11-26(25)30-18)27(32)31-39(35,36)23-9-7-21(29)8-10-23/h3-11,15-16,18,22,30H,12-14,17H2,1-2H3,(H,31,32). The third-order valence-electron chi connectivity index (χ3n) is 7.65. The number of benzene rings is 3. The molecule has 5 rings (SSSR count). The highest BCUT2D eigenvalue weighted by Gasteiger charge is 2.48. The van der Waals surface area contributed by atoms with Crippen LogP contribution in [0.25, 0.3) is 0 Å². The fourth-order valence-electron chi connectivity index (χ4n) is 5.59. The van der Waals surface area contributed by atoms with Crippen LogP contribution in [0.15, 0.2) is 76.5 Å². The second-order valence-corrected chi connectivity index (χ2v) is 13.9. The van der Waals surface area contributed by atoms with Gasteiger partial charge >= 0.3 is 0 Å². The van der Waals surface area contributed by atoms with Crippen LogP contribution in [0.5, 0.6) is 0 Å². The van der Waals surface area contributed by atoms with Crippen molar-refractivity contribution in [2.45, 2.75) is 53.5 Å². The Labute approximate surface area is 227 Å². The van der Waals surface area contributed by atoms with Crippen molar-refractivity contribution < 1.29 is 30.8 Å². The highest BCUT2D eigenvalue weighted by molar-refractivity contribution is 7.90. The maximum Gasteiger partial charge on any atom is 0.265 e. The van der Waals surface area contributed by atoms with Gasteiger partial charge in [-0.05, 0) is 91.9 Å². The molecule has 0 bridgehead atoms. The van der Waals surface area contributed by atoms with Gasteiger partial charge in [0.1, 0.15) is 5.82 Å². The van der Waals surface area contributed by atoms with Crippen LogP contribution in [-0.4, -0.2) is 47.8 Å². The van der Waals surface area contributed by atoms with E-state index in [1.165, 1.54) is 6.26 Å². The van der Waals surface area contributed by atoms with Crippen molar-refractivity contribution in [3.05, 3.63) is 89.2 Å². The molecule has 1 spiro atoms. The molecule has 1 fully saturated rings.